The molecule has 1 rings (SSSR count). The molecule has 0 bridgehead atoms. The first-order chi connectivity index (χ1) is 9.01. The van der Waals surface area contributed by atoms with Gasteiger partial charge in [-0.1, -0.05) is 0 Å². The van der Waals surface area contributed by atoms with E-state index < -0.39 is 0 Å². The number of carbonyl (C=O) groups excluding carboxylic acids is 1. The highest BCUT2D eigenvalue weighted by Crippen LogP contribution is 2.12. The summed E-state index contributed by atoms with van der Waals surface area (Å²) in [5, 5.41) is 16.2. The van der Waals surface area contributed by atoms with Crippen molar-refractivity contribution in [1.29, 1.82) is 0 Å². The SMILES string of the molecule is COCC[C@@H](CO)NC(=O)c1cnn(C(C)C)c1C. The van der Waals surface area contributed by atoms with Crippen LogP contribution in [0, 0.1) is 6.92 Å². The molecule has 0 saturated carbocycles. The zero-order valence-corrected chi connectivity index (χ0v) is 12.0. The fourth-order valence-corrected chi connectivity index (χ4v) is 1.90. The van der Waals surface area contributed by atoms with Crippen molar-refractivity contribution in [2.75, 3.05) is 20.3 Å². The van der Waals surface area contributed by atoms with Crippen molar-refractivity contribution in [3.05, 3.63) is 17.5 Å². The minimum atomic E-state index is -0.297. The van der Waals surface area contributed by atoms with Gasteiger partial charge in [-0.05, 0) is 27.2 Å². The number of aromatic nitrogens is 2. The molecule has 0 spiro atoms. The van der Waals surface area contributed by atoms with Crippen LogP contribution in [0.4, 0.5) is 0 Å². The minimum Gasteiger partial charge on any atom is -0.394 e. The number of rotatable bonds is 7. The van der Waals surface area contributed by atoms with E-state index in [9.17, 15) is 9.90 Å². The van der Waals surface area contributed by atoms with Gasteiger partial charge in [0.05, 0.1) is 24.4 Å². The highest BCUT2D eigenvalue weighted by Gasteiger charge is 2.18. The quantitative estimate of drug-likeness (QED) is 0.771. The molecule has 1 heterocycles. The molecule has 6 nitrogen and oxygen atoms in total. The van der Waals surface area contributed by atoms with Crippen molar-refractivity contribution < 1.29 is 14.6 Å². The molecule has 0 aromatic carbocycles. The summed E-state index contributed by atoms with van der Waals surface area (Å²) in [4.78, 5) is 12.1. The van der Waals surface area contributed by atoms with E-state index in [0.29, 0.717) is 18.6 Å². The van der Waals surface area contributed by atoms with Crippen LogP contribution in [0.1, 0.15) is 42.4 Å². The van der Waals surface area contributed by atoms with E-state index in [1.807, 2.05) is 20.8 Å². The van der Waals surface area contributed by atoms with Gasteiger partial charge in [0.1, 0.15) is 0 Å². The summed E-state index contributed by atoms with van der Waals surface area (Å²) in [5.74, 6) is -0.209. The maximum absolute atomic E-state index is 12.1. The smallest absolute Gasteiger partial charge is 0.255 e. The average Bonchev–Trinajstić information content (AvgIpc) is 2.76. The number of nitrogens with zero attached hydrogens (tertiary/aromatic N) is 2. The normalized spacial score (nSPS) is 12.7. The van der Waals surface area contributed by atoms with Gasteiger partial charge in [-0.25, -0.2) is 0 Å². The molecule has 6 heteroatoms. The molecular formula is C13H23N3O3. The van der Waals surface area contributed by atoms with Gasteiger partial charge in [0, 0.05) is 25.5 Å². The lowest BCUT2D eigenvalue weighted by Crippen LogP contribution is -2.38. The Kier molecular flexibility index (Phi) is 5.98. The van der Waals surface area contributed by atoms with Gasteiger partial charge in [0.25, 0.3) is 5.91 Å². The lowest BCUT2D eigenvalue weighted by molar-refractivity contribution is 0.0894. The Labute approximate surface area is 113 Å². The van der Waals surface area contributed by atoms with Gasteiger partial charge >= 0.3 is 0 Å². The molecule has 0 unspecified atom stereocenters. The van der Waals surface area contributed by atoms with Crippen LogP contribution in [0.5, 0.6) is 0 Å². The fraction of sp³-hybridized carbons (Fsp3) is 0.692. The van der Waals surface area contributed by atoms with Crippen molar-refractivity contribution in [1.82, 2.24) is 15.1 Å². The summed E-state index contributed by atoms with van der Waals surface area (Å²) in [5.41, 5.74) is 1.38. The molecular weight excluding hydrogens is 246 g/mol. The Morgan fingerprint density at radius 2 is 2.26 bits per heavy atom. The molecule has 0 aliphatic carbocycles. The van der Waals surface area contributed by atoms with Crippen molar-refractivity contribution in [3.63, 3.8) is 0 Å². The average molecular weight is 269 g/mol. The van der Waals surface area contributed by atoms with Crippen molar-refractivity contribution in [2.24, 2.45) is 0 Å². The van der Waals surface area contributed by atoms with Crippen molar-refractivity contribution in [3.8, 4) is 0 Å². The van der Waals surface area contributed by atoms with Crippen molar-refractivity contribution in [2.45, 2.75) is 39.3 Å². The number of methoxy groups -OCH3 is 1. The molecule has 2 N–H and O–H groups in total. The Morgan fingerprint density at radius 1 is 1.58 bits per heavy atom. The number of aliphatic hydroxyl groups is 1. The molecule has 1 aromatic rings. The molecule has 0 radical (unpaired) electrons. The van der Waals surface area contributed by atoms with Crippen LogP contribution in [-0.4, -0.2) is 47.2 Å². The van der Waals surface area contributed by atoms with E-state index >= 15 is 0 Å². The van der Waals surface area contributed by atoms with Crippen molar-refractivity contribution >= 4 is 5.91 Å². The van der Waals surface area contributed by atoms with E-state index in [0.717, 1.165) is 5.69 Å². The van der Waals surface area contributed by atoms with Gasteiger partial charge in [0.15, 0.2) is 0 Å². The van der Waals surface area contributed by atoms with Crippen LogP contribution in [0.2, 0.25) is 0 Å². The van der Waals surface area contributed by atoms with E-state index in [-0.39, 0.29) is 24.6 Å². The first-order valence-electron chi connectivity index (χ1n) is 6.46. The molecule has 0 fully saturated rings. The third kappa shape index (κ3) is 4.04. The third-order valence-electron chi connectivity index (χ3n) is 3.00. The Balaban J connectivity index is 2.72. The topological polar surface area (TPSA) is 76.4 Å². The van der Waals surface area contributed by atoms with Crippen LogP contribution in [-0.2, 0) is 4.74 Å². The summed E-state index contributed by atoms with van der Waals surface area (Å²) in [6.07, 6.45) is 2.14. The number of nitrogens with one attached hydrogen (secondary N) is 1. The summed E-state index contributed by atoms with van der Waals surface area (Å²) in [6, 6.07) is -0.0852. The number of hydrogen-bond acceptors (Lipinski definition) is 4. The van der Waals surface area contributed by atoms with E-state index in [1.165, 1.54) is 0 Å². The maximum atomic E-state index is 12.1. The van der Waals surface area contributed by atoms with E-state index in [1.54, 1.807) is 18.0 Å². The second-order valence-corrected chi connectivity index (χ2v) is 4.82. The van der Waals surface area contributed by atoms with Gasteiger partial charge in [-0.2, -0.15) is 5.10 Å². The zero-order valence-electron chi connectivity index (χ0n) is 12.0. The summed E-state index contributed by atoms with van der Waals surface area (Å²) < 4.78 is 6.75. The molecule has 0 aliphatic rings. The molecule has 0 aliphatic heterocycles. The van der Waals surface area contributed by atoms with Crippen LogP contribution >= 0.6 is 0 Å². The second-order valence-electron chi connectivity index (χ2n) is 4.82. The summed E-state index contributed by atoms with van der Waals surface area (Å²) in [7, 11) is 1.59. The first kappa shape index (κ1) is 15.7. The standard InChI is InChI=1S/C13H23N3O3/c1-9(2)16-10(3)12(7-14-16)13(18)15-11(8-17)5-6-19-4/h7,9,11,17H,5-6,8H2,1-4H3,(H,15,18)/t11-/m0/s1. The van der Waals surface area contributed by atoms with Crippen LogP contribution < -0.4 is 5.32 Å². The van der Waals surface area contributed by atoms with Gasteiger partial charge in [-0.3, -0.25) is 9.48 Å². The van der Waals surface area contributed by atoms with Crippen LogP contribution in [0.3, 0.4) is 0 Å². The fourth-order valence-electron chi connectivity index (χ4n) is 1.90. The highest BCUT2D eigenvalue weighted by molar-refractivity contribution is 5.95. The third-order valence-corrected chi connectivity index (χ3v) is 3.00. The molecule has 1 amide bonds. The zero-order chi connectivity index (χ0) is 14.4. The Bertz CT molecular complexity index is 415. The number of amides is 1. The second kappa shape index (κ2) is 7.25. The molecule has 19 heavy (non-hydrogen) atoms. The van der Waals surface area contributed by atoms with E-state index in [4.69, 9.17) is 4.74 Å². The minimum absolute atomic E-state index is 0.105. The van der Waals surface area contributed by atoms with Gasteiger partial charge in [0.2, 0.25) is 0 Å². The number of aliphatic hydroxyl groups excluding tert-OH is 1. The van der Waals surface area contributed by atoms with Gasteiger partial charge < -0.3 is 15.2 Å². The summed E-state index contributed by atoms with van der Waals surface area (Å²) >= 11 is 0. The van der Waals surface area contributed by atoms with Gasteiger partial charge in [-0.15, -0.1) is 0 Å². The molecule has 1 aromatic heterocycles. The molecule has 0 saturated heterocycles. The first-order valence-corrected chi connectivity index (χ1v) is 6.46. The highest BCUT2D eigenvalue weighted by atomic mass is 16.5. The predicted molar refractivity (Wildman–Crippen MR) is 72.2 cm³/mol. The number of ether oxygens (including phenoxy) is 1. The summed E-state index contributed by atoms with van der Waals surface area (Å²) in [6.45, 7) is 6.28. The van der Waals surface area contributed by atoms with E-state index in [2.05, 4.69) is 10.4 Å². The number of hydrogen-bond donors (Lipinski definition) is 2. The lowest BCUT2D eigenvalue weighted by atomic mass is 10.2. The Morgan fingerprint density at radius 3 is 2.74 bits per heavy atom. The predicted octanol–water partition coefficient (Wildman–Crippen LogP) is 0.900. The largest absolute Gasteiger partial charge is 0.394 e. The molecule has 1 atom stereocenters. The Hall–Kier alpha value is -1.40. The monoisotopic (exact) mass is 269 g/mol. The van der Waals surface area contributed by atoms with Crippen LogP contribution in [0.15, 0.2) is 6.20 Å². The lowest BCUT2D eigenvalue weighted by Gasteiger charge is -2.15. The molecule has 108 valence electrons. The number of carbonyl (C=O) groups is 1. The van der Waals surface area contributed by atoms with Crippen LogP contribution in [0.25, 0.3) is 0 Å². The maximum Gasteiger partial charge on any atom is 0.255 e.